The fourth-order valence-electron chi connectivity index (χ4n) is 3.35. The van der Waals surface area contributed by atoms with Crippen molar-refractivity contribution in [2.24, 2.45) is 11.8 Å². The Morgan fingerprint density at radius 1 is 1.15 bits per heavy atom. The Kier molecular flexibility index (Phi) is 7.45. The zero-order chi connectivity index (χ0) is 19.1. The molecule has 0 bridgehead atoms. The second kappa shape index (κ2) is 9.57. The van der Waals surface area contributed by atoms with E-state index in [9.17, 15) is 9.59 Å². The van der Waals surface area contributed by atoms with Crippen molar-refractivity contribution in [3.8, 4) is 0 Å². The van der Waals surface area contributed by atoms with E-state index in [0.717, 1.165) is 24.6 Å². The maximum absolute atomic E-state index is 12.1. The molecule has 0 aliphatic carbocycles. The molecule has 1 saturated heterocycles. The van der Waals surface area contributed by atoms with Gasteiger partial charge in [0.15, 0.2) is 0 Å². The number of aromatic carboxylic acids is 1. The fraction of sp³-hybridized carbons (Fsp3) is 0.600. The third kappa shape index (κ3) is 6.02. The number of likely N-dealkylation sites (tertiary alicyclic amines) is 1. The molecule has 1 aromatic rings. The molecule has 2 rings (SSSR count). The van der Waals surface area contributed by atoms with Crippen LogP contribution in [0.2, 0.25) is 0 Å². The normalized spacial score (nSPS) is 17.1. The first kappa shape index (κ1) is 20.2. The van der Waals surface area contributed by atoms with Crippen molar-refractivity contribution in [2.45, 2.75) is 46.2 Å². The van der Waals surface area contributed by atoms with E-state index in [0.29, 0.717) is 25.0 Å². The molecule has 0 radical (unpaired) electrons. The Balaban J connectivity index is 1.78. The maximum atomic E-state index is 12.1. The van der Waals surface area contributed by atoms with Crippen LogP contribution < -0.4 is 10.6 Å². The fourth-order valence-corrected chi connectivity index (χ4v) is 3.35. The summed E-state index contributed by atoms with van der Waals surface area (Å²) in [6.07, 6.45) is 2.45. The van der Waals surface area contributed by atoms with Crippen LogP contribution in [0.5, 0.6) is 0 Å². The Labute approximate surface area is 156 Å². The molecule has 0 aromatic heterocycles. The van der Waals surface area contributed by atoms with Gasteiger partial charge >= 0.3 is 12.0 Å². The number of nitrogens with one attached hydrogen (secondary N) is 2. The molecule has 144 valence electrons. The molecule has 0 spiro atoms. The largest absolute Gasteiger partial charge is 0.478 e. The maximum Gasteiger partial charge on any atom is 0.335 e. The number of carbonyl (C=O) groups excluding carboxylic acids is 1. The van der Waals surface area contributed by atoms with Crippen molar-refractivity contribution in [1.29, 1.82) is 0 Å². The van der Waals surface area contributed by atoms with Gasteiger partial charge < -0.3 is 15.7 Å². The molecule has 6 nitrogen and oxygen atoms in total. The number of amides is 2. The Morgan fingerprint density at radius 3 is 2.31 bits per heavy atom. The molecular weight excluding hydrogens is 330 g/mol. The standard InChI is InChI=1S/C20H31N3O3/c1-14(2)18(23-10-8-15(3)9-11-23)13-22-20(26)21-12-16-4-6-17(7-5-16)19(24)25/h4-7,14-15,18H,8-13H2,1-3H3,(H,24,25)(H2,21,22,26). The van der Waals surface area contributed by atoms with Crippen LogP contribution in [-0.2, 0) is 6.54 Å². The average molecular weight is 361 g/mol. The quantitative estimate of drug-likeness (QED) is 0.697. The number of hydrogen-bond donors (Lipinski definition) is 3. The summed E-state index contributed by atoms with van der Waals surface area (Å²) in [5.41, 5.74) is 1.12. The molecular formula is C20H31N3O3. The first-order valence-corrected chi connectivity index (χ1v) is 9.44. The first-order chi connectivity index (χ1) is 12.4. The van der Waals surface area contributed by atoms with E-state index < -0.39 is 5.97 Å². The predicted molar refractivity (Wildman–Crippen MR) is 102 cm³/mol. The minimum atomic E-state index is -0.950. The second-order valence-electron chi connectivity index (χ2n) is 7.60. The number of nitrogens with zero attached hydrogens (tertiary/aromatic N) is 1. The first-order valence-electron chi connectivity index (χ1n) is 9.44. The number of carbonyl (C=O) groups is 2. The van der Waals surface area contributed by atoms with Gasteiger partial charge in [-0.15, -0.1) is 0 Å². The van der Waals surface area contributed by atoms with Crippen molar-refractivity contribution in [3.05, 3.63) is 35.4 Å². The van der Waals surface area contributed by atoms with Crippen LogP contribution in [0.3, 0.4) is 0 Å². The van der Waals surface area contributed by atoms with Crippen LogP contribution in [0.25, 0.3) is 0 Å². The van der Waals surface area contributed by atoms with Gasteiger partial charge in [0.2, 0.25) is 0 Å². The highest BCUT2D eigenvalue weighted by molar-refractivity contribution is 5.87. The highest BCUT2D eigenvalue weighted by atomic mass is 16.4. The van der Waals surface area contributed by atoms with E-state index in [1.165, 1.54) is 12.8 Å². The van der Waals surface area contributed by atoms with Gasteiger partial charge in [-0.1, -0.05) is 32.9 Å². The third-order valence-corrected chi connectivity index (χ3v) is 5.18. The third-order valence-electron chi connectivity index (χ3n) is 5.18. The number of carboxylic acid groups (broad SMARTS) is 1. The Hall–Kier alpha value is -2.08. The van der Waals surface area contributed by atoms with Gasteiger partial charge in [-0.05, 0) is 55.5 Å². The van der Waals surface area contributed by atoms with E-state index in [1.807, 2.05) is 0 Å². The summed E-state index contributed by atoms with van der Waals surface area (Å²) in [6, 6.07) is 6.68. The van der Waals surface area contributed by atoms with Gasteiger partial charge in [-0.2, -0.15) is 0 Å². The van der Waals surface area contributed by atoms with Crippen molar-refractivity contribution in [1.82, 2.24) is 15.5 Å². The lowest BCUT2D eigenvalue weighted by Crippen LogP contribution is -2.51. The van der Waals surface area contributed by atoms with E-state index in [2.05, 4.69) is 36.3 Å². The lowest BCUT2D eigenvalue weighted by Gasteiger charge is -2.38. The van der Waals surface area contributed by atoms with E-state index in [-0.39, 0.29) is 11.6 Å². The molecule has 1 heterocycles. The summed E-state index contributed by atoms with van der Waals surface area (Å²) in [5, 5.41) is 14.7. The van der Waals surface area contributed by atoms with Crippen molar-refractivity contribution in [3.63, 3.8) is 0 Å². The lowest BCUT2D eigenvalue weighted by atomic mass is 9.94. The molecule has 1 aliphatic rings. The SMILES string of the molecule is CC1CCN(C(CNC(=O)NCc2ccc(C(=O)O)cc2)C(C)C)CC1. The summed E-state index contributed by atoms with van der Waals surface area (Å²) in [7, 11) is 0. The van der Waals surface area contributed by atoms with Crippen molar-refractivity contribution >= 4 is 12.0 Å². The predicted octanol–water partition coefficient (Wildman–Crippen LogP) is 2.94. The van der Waals surface area contributed by atoms with E-state index >= 15 is 0 Å². The molecule has 2 amide bonds. The Bertz CT molecular complexity index is 593. The highest BCUT2D eigenvalue weighted by Gasteiger charge is 2.25. The molecule has 1 unspecified atom stereocenters. The number of hydrogen-bond acceptors (Lipinski definition) is 3. The van der Waals surface area contributed by atoms with Crippen molar-refractivity contribution in [2.75, 3.05) is 19.6 Å². The van der Waals surface area contributed by atoms with Gasteiger partial charge in [0, 0.05) is 19.1 Å². The molecule has 6 heteroatoms. The van der Waals surface area contributed by atoms with Crippen LogP contribution >= 0.6 is 0 Å². The topological polar surface area (TPSA) is 81.7 Å². The lowest BCUT2D eigenvalue weighted by molar-refractivity contribution is 0.0697. The molecule has 26 heavy (non-hydrogen) atoms. The number of piperidine rings is 1. The monoisotopic (exact) mass is 361 g/mol. The summed E-state index contributed by atoms with van der Waals surface area (Å²) in [6.45, 7) is 9.91. The van der Waals surface area contributed by atoms with Crippen LogP contribution in [0.1, 0.15) is 49.5 Å². The number of benzene rings is 1. The van der Waals surface area contributed by atoms with Gasteiger partial charge in [-0.3, -0.25) is 4.90 Å². The highest BCUT2D eigenvalue weighted by Crippen LogP contribution is 2.21. The van der Waals surface area contributed by atoms with Crippen LogP contribution in [0.15, 0.2) is 24.3 Å². The zero-order valence-corrected chi connectivity index (χ0v) is 16.0. The van der Waals surface area contributed by atoms with E-state index in [1.54, 1.807) is 24.3 Å². The van der Waals surface area contributed by atoms with Crippen molar-refractivity contribution < 1.29 is 14.7 Å². The van der Waals surface area contributed by atoms with E-state index in [4.69, 9.17) is 5.11 Å². The molecule has 3 N–H and O–H groups in total. The van der Waals surface area contributed by atoms with Crippen LogP contribution in [0, 0.1) is 11.8 Å². The van der Waals surface area contributed by atoms with Gasteiger partial charge in [0.05, 0.1) is 5.56 Å². The Morgan fingerprint density at radius 2 is 1.77 bits per heavy atom. The average Bonchev–Trinajstić information content (AvgIpc) is 2.61. The number of rotatable bonds is 7. The van der Waals surface area contributed by atoms with Crippen LogP contribution in [0.4, 0.5) is 4.79 Å². The molecule has 0 saturated carbocycles. The smallest absolute Gasteiger partial charge is 0.335 e. The number of urea groups is 1. The van der Waals surface area contributed by atoms with Crippen LogP contribution in [-0.4, -0.2) is 47.7 Å². The summed E-state index contributed by atoms with van der Waals surface area (Å²) < 4.78 is 0. The van der Waals surface area contributed by atoms with Gasteiger partial charge in [0.1, 0.15) is 0 Å². The zero-order valence-electron chi connectivity index (χ0n) is 16.0. The summed E-state index contributed by atoms with van der Waals surface area (Å²) >= 11 is 0. The summed E-state index contributed by atoms with van der Waals surface area (Å²) in [5.74, 6) is 0.323. The second-order valence-corrected chi connectivity index (χ2v) is 7.60. The summed E-state index contributed by atoms with van der Waals surface area (Å²) in [4.78, 5) is 25.5. The number of carboxylic acids is 1. The minimum absolute atomic E-state index is 0.191. The molecule has 1 aliphatic heterocycles. The van der Waals surface area contributed by atoms with Gasteiger partial charge in [-0.25, -0.2) is 9.59 Å². The molecule has 1 atom stereocenters. The molecule has 1 fully saturated rings. The minimum Gasteiger partial charge on any atom is -0.478 e. The molecule has 1 aromatic carbocycles. The van der Waals surface area contributed by atoms with Gasteiger partial charge in [0.25, 0.3) is 0 Å².